The second-order valence-corrected chi connectivity index (χ2v) is 5.38. The molecule has 0 spiro atoms. The Bertz CT molecular complexity index is 345. The van der Waals surface area contributed by atoms with Gasteiger partial charge >= 0.3 is 5.97 Å². The van der Waals surface area contributed by atoms with Gasteiger partial charge in [-0.1, -0.05) is 39.0 Å². The Hall–Kier alpha value is -1.59. The maximum absolute atomic E-state index is 12.0. The van der Waals surface area contributed by atoms with E-state index in [0.717, 1.165) is 19.3 Å². The number of hydrogen-bond donors (Lipinski definition) is 2. The van der Waals surface area contributed by atoms with E-state index in [9.17, 15) is 14.4 Å². The lowest BCUT2D eigenvalue weighted by molar-refractivity contribution is -0.149. The Morgan fingerprint density at radius 3 is 2.14 bits per heavy atom. The average Bonchev–Trinajstić information content (AvgIpc) is 2.41. The Morgan fingerprint density at radius 1 is 1.05 bits per heavy atom. The summed E-state index contributed by atoms with van der Waals surface area (Å²) in [6, 6.07) is -0.981. The number of amides is 2. The normalized spacial score (nSPS) is 11.9. The highest BCUT2D eigenvalue weighted by atomic mass is 16.4. The number of nitrogens with zero attached hydrogens (tertiary/aromatic N) is 1. The van der Waals surface area contributed by atoms with Crippen molar-refractivity contribution in [2.24, 2.45) is 5.73 Å². The van der Waals surface area contributed by atoms with E-state index in [1.807, 2.05) is 0 Å². The van der Waals surface area contributed by atoms with Crippen LogP contribution in [-0.4, -0.2) is 40.9 Å². The largest absolute Gasteiger partial charge is 0.480 e. The minimum absolute atomic E-state index is 0.0361. The van der Waals surface area contributed by atoms with Crippen LogP contribution in [0.3, 0.4) is 0 Å². The van der Waals surface area contributed by atoms with Gasteiger partial charge in [-0.3, -0.25) is 9.59 Å². The molecule has 3 N–H and O–H groups in total. The molecule has 0 aromatic rings. The van der Waals surface area contributed by atoms with Crippen molar-refractivity contribution in [1.29, 1.82) is 0 Å². The average molecular weight is 300 g/mol. The minimum atomic E-state index is -1.10. The van der Waals surface area contributed by atoms with Gasteiger partial charge in [-0.05, 0) is 12.8 Å². The summed E-state index contributed by atoms with van der Waals surface area (Å²) in [5, 5.41) is 9.13. The summed E-state index contributed by atoms with van der Waals surface area (Å²) in [6.07, 6.45) is 6.81. The molecule has 21 heavy (non-hydrogen) atoms. The third-order valence-corrected chi connectivity index (χ3v) is 3.55. The summed E-state index contributed by atoms with van der Waals surface area (Å²) in [5.41, 5.74) is 5.02. The number of rotatable bonds is 12. The fraction of sp³-hybridized carbons (Fsp3) is 0.800. The van der Waals surface area contributed by atoms with Crippen molar-refractivity contribution in [3.63, 3.8) is 0 Å². The smallest absolute Gasteiger partial charge is 0.326 e. The van der Waals surface area contributed by atoms with Gasteiger partial charge in [0.15, 0.2) is 0 Å². The lowest BCUT2D eigenvalue weighted by Crippen LogP contribution is -2.42. The molecule has 1 atom stereocenters. The molecule has 0 saturated heterocycles. The van der Waals surface area contributed by atoms with Crippen LogP contribution in [0.25, 0.3) is 0 Å². The van der Waals surface area contributed by atoms with E-state index >= 15 is 0 Å². The SMILES string of the molecule is CCCCCCCCC(=O)N(C)C(CCC(N)=O)C(=O)O. The fourth-order valence-corrected chi connectivity index (χ4v) is 2.17. The van der Waals surface area contributed by atoms with Gasteiger partial charge in [-0.15, -0.1) is 0 Å². The summed E-state index contributed by atoms with van der Waals surface area (Å²) in [6.45, 7) is 2.15. The fourth-order valence-electron chi connectivity index (χ4n) is 2.17. The van der Waals surface area contributed by atoms with Gasteiger partial charge in [0.1, 0.15) is 6.04 Å². The zero-order chi connectivity index (χ0) is 16.3. The van der Waals surface area contributed by atoms with Crippen LogP contribution in [0.2, 0.25) is 0 Å². The molecule has 6 heteroatoms. The highest BCUT2D eigenvalue weighted by molar-refractivity contribution is 5.84. The summed E-state index contributed by atoms with van der Waals surface area (Å²) >= 11 is 0. The number of carboxylic acid groups (broad SMARTS) is 1. The van der Waals surface area contributed by atoms with Crippen molar-refractivity contribution >= 4 is 17.8 Å². The molecule has 0 heterocycles. The number of carboxylic acids is 1. The topological polar surface area (TPSA) is 101 Å². The predicted molar refractivity (Wildman–Crippen MR) is 80.6 cm³/mol. The van der Waals surface area contributed by atoms with E-state index in [2.05, 4.69) is 6.92 Å². The van der Waals surface area contributed by atoms with Gasteiger partial charge < -0.3 is 15.7 Å². The van der Waals surface area contributed by atoms with Gasteiger partial charge in [0.05, 0.1) is 0 Å². The van der Waals surface area contributed by atoms with Crippen LogP contribution in [0.1, 0.15) is 64.7 Å². The molecule has 0 bridgehead atoms. The Labute approximate surface area is 126 Å². The molecule has 0 rings (SSSR count). The van der Waals surface area contributed by atoms with Crippen molar-refractivity contribution in [3.05, 3.63) is 0 Å². The van der Waals surface area contributed by atoms with Gasteiger partial charge in [0, 0.05) is 19.9 Å². The molecule has 0 aromatic carbocycles. The number of carbonyl (C=O) groups excluding carboxylic acids is 2. The summed E-state index contributed by atoms with van der Waals surface area (Å²) < 4.78 is 0. The second kappa shape index (κ2) is 11.1. The Balaban J connectivity index is 4.12. The molecular formula is C15H28N2O4. The molecule has 6 nitrogen and oxygen atoms in total. The number of unbranched alkanes of at least 4 members (excludes halogenated alkanes) is 5. The van der Waals surface area contributed by atoms with Crippen LogP contribution in [-0.2, 0) is 14.4 Å². The Morgan fingerprint density at radius 2 is 1.62 bits per heavy atom. The van der Waals surface area contributed by atoms with Crippen molar-refractivity contribution < 1.29 is 19.5 Å². The van der Waals surface area contributed by atoms with E-state index in [-0.39, 0.29) is 18.7 Å². The monoisotopic (exact) mass is 300 g/mol. The predicted octanol–water partition coefficient (Wildman–Crippen LogP) is 1.91. The molecule has 1 unspecified atom stereocenters. The van der Waals surface area contributed by atoms with Crippen molar-refractivity contribution in [2.75, 3.05) is 7.05 Å². The molecular weight excluding hydrogens is 272 g/mol. The molecule has 0 saturated carbocycles. The van der Waals surface area contributed by atoms with Crippen LogP contribution >= 0.6 is 0 Å². The summed E-state index contributed by atoms with van der Waals surface area (Å²) in [7, 11) is 1.47. The first-order valence-electron chi connectivity index (χ1n) is 7.66. The molecule has 0 aliphatic carbocycles. The first-order valence-corrected chi connectivity index (χ1v) is 7.66. The van der Waals surface area contributed by atoms with E-state index in [0.29, 0.717) is 6.42 Å². The molecule has 0 fully saturated rings. The molecule has 2 amide bonds. The van der Waals surface area contributed by atoms with Crippen LogP contribution in [0.15, 0.2) is 0 Å². The number of nitrogens with two attached hydrogens (primary N) is 1. The van der Waals surface area contributed by atoms with Crippen molar-refractivity contribution in [2.45, 2.75) is 70.8 Å². The quantitative estimate of drug-likeness (QED) is 0.538. The van der Waals surface area contributed by atoms with E-state index < -0.39 is 17.9 Å². The van der Waals surface area contributed by atoms with Gasteiger partial charge in [-0.25, -0.2) is 4.79 Å². The Kier molecular flexibility index (Phi) is 10.3. The zero-order valence-corrected chi connectivity index (χ0v) is 13.1. The number of carbonyl (C=O) groups is 3. The third-order valence-electron chi connectivity index (χ3n) is 3.55. The highest BCUT2D eigenvalue weighted by Gasteiger charge is 2.26. The van der Waals surface area contributed by atoms with Crippen LogP contribution in [0, 0.1) is 0 Å². The van der Waals surface area contributed by atoms with Gasteiger partial charge in [0.2, 0.25) is 11.8 Å². The molecule has 0 aliphatic rings. The van der Waals surface area contributed by atoms with Crippen molar-refractivity contribution in [3.8, 4) is 0 Å². The molecule has 0 aliphatic heterocycles. The maximum Gasteiger partial charge on any atom is 0.326 e. The standard InChI is InChI=1S/C15H28N2O4/c1-3-4-5-6-7-8-9-14(19)17(2)12(15(20)21)10-11-13(16)18/h12H,3-11H2,1-2H3,(H2,16,18)(H,20,21). The summed E-state index contributed by atoms with van der Waals surface area (Å²) in [5.74, 6) is -1.85. The van der Waals surface area contributed by atoms with Crippen LogP contribution < -0.4 is 5.73 Å². The van der Waals surface area contributed by atoms with Crippen LogP contribution in [0.5, 0.6) is 0 Å². The van der Waals surface area contributed by atoms with Gasteiger partial charge in [0.25, 0.3) is 0 Å². The van der Waals surface area contributed by atoms with E-state index in [4.69, 9.17) is 10.8 Å². The third kappa shape index (κ3) is 9.05. The highest BCUT2D eigenvalue weighted by Crippen LogP contribution is 2.11. The number of hydrogen-bond acceptors (Lipinski definition) is 3. The number of primary amides is 1. The van der Waals surface area contributed by atoms with Crippen molar-refractivity contribution in [1.82, 2.24) is 4.90 Å². The lowest BCUT2D eigenvalue weighted by Gasteiger charge is -2.24. The number of likely N-dealkylation sites (N-methyl/N-ethyl adjacent to an activating group) is 1. The van der Waals surface area contributed by atoms with Crippen LogP contribution in [0.4, 0.5) is 0 Å². The summed E-state index contributed by atoms with van der Waals surface area (Å²) in [4.78, 5) is 35.1. The first-order chi connectivity index (χ1) is 9.90. The first kappa shape index (κ1) is 19.4. The van der Waals surface area contributed by atoms with E-state index in [1.165, 1.54) is 31.2 Å². The van der Waals surface area contributed by atoms with E-state index in [1.54, 1.807) is 0 Å². The molecule has 0 radical (unpaired) electrons. The zero-order valence-electron chi connectivity index (χ0n) is 13.1. The molecule has 122 valence electrons. The minimum Gasteiger partial charge on any atom is -0.480 e. The second-order valence-electron chi connectivity index (χ2n) is 5.38. The maximum atomic E-state index is 12.0. The number of aliphatic carboxylic acids is 1. The molecule has 0 aromatic heterocycles. The van der Waals surface area contributed by atoms with Gasteiger partial charge in [-0.2, -0.15) is 0 Å². The lowest BCUT2D eigenvalue weighted by atomic mass is 10.1.